The lowest BCUT2D eigenvalue weighted by Gasteiger charge is -2.11. The molecule has 0 atom stereocenters. The van der Waals surface area contributed by atoms with Crippen LogP contribution in [-0.2, 0) is 14.8 Å². The molecule has 94 valence electrons. The lowest BCUT2D eigenvalue weighted by molar-refractivity contribution is 0.0626. The first kappa shape index (κ1) is 13.8. The smallest absolute Gasteiger partial charge is 0.218 e. The summed E-state index contributed by atoms with van der Waals surface area (Å²) in [5, 5.41) is 0. The van der Waals surface area contributed by atoms with E-state index in [1.165, 1.54) is 12.8 Å². The summed E-state index contributed by atoms with van der Waals surface area (Å²) in [6.07, 6.45) is 4.88. The van der Waals surface area contributed by atoms with E-state index < -0.39 is 10.0 Å². The van der Waals surface area contributed by atoms with Crippen molar-refractivity contribution in [2.45, 2.75) is 31.8 Å². The van der Waals surface area contributed by atoms with E-state index in [0.29, 0.717) is 12.7 Å². The molecule has 0 radical (unpaired) electrons. The van der Waals surface area contributed by atoms with Gasteiger partial charge in [-0.1, -0.05) is 25.1 Å². The van der Waals surface area contributed by atoms with Crippen LogP contribution in [0.25, 0.3) is 0 Å². The lowest BCUT2D eigenvalue weighted by atomic mass is 10.3. The SMILES string of the molecule is NC(=S)CS(=O)(=O)NCCOC1CCCC1. The third kappa shape index (κ3) is 5.74. The highest BCUT2D eigenvalue weighted by molar-refractivity contribution is 7.92. The first-order chi connectivity index (χ1) is 7.49. The number of rotatable bonds is 7. The summed E-state index contributed by atoms with van der Waals surface area (Å²) in [5.41, 5.74) is 5.16. The zero-order valence-corrected chi connectivity index (χ0v) is 10.8. The molecule has 0 heterocycles. The van der Waals surface area contributed by atoms with Crippen molar-refractivity contribution in [1.29, 1.82) is 0 Å². The monoisotopic (exact) mass is 266 g/mol. The van der Waals surface area contributed by atoms with Gasteiger partial charge in [0.2, 0.25) is 10.0 Å². The zero-order chi connectivity index (χ0) is 12.0. The molecule has 0 spiro atoms. The molecule has 3 N–H and O–H groups in total. The van der Waals surface area contributed by atoms with Crippen LogP contribution in [-0.4, -0.2) is 38.4 Å². The molecule has 1 rings (SSSR count). The maximum absolute atomic E-state index is 11.3. The topological polar surface area (TPSA) is 81.4 Å². The van der Waals surface area contributed by atoms with Gasteiger partial charge in [0.1, 0.15) is 5.75 Å². The van der Waals surface area contributed by atoms with Crippen molar-refractivity contribution in [3.8, 4) is 0 Å². The number of hydrogen-bond donors (Lipinski definition) is 2. The molecule has 0 aromatic heterocycles. The first-order valence-corrected chi connectivity index (χ1v) is 7.43. The van der Waals surface area contributed by atoms with Crippen LogP contribution in [0.2, 0.25) is 0 Å². The third-order valence-corrected chi connectivity index (χ3v) is 4.07. The zero-order valence-electron chi connectivity index (χ0n) is 9.15. The minimum Gasteiger partial charge on any atom is -0.392 e. The quantitative estimate of drug-likeness (QED) is 0.506. The Morgan fingerprint density at radius 1 is 1.44 bits per heavy atom. The summed E-state index contributed by atoms with van der Waals surface area (Å²) in [5.74, 6) is -0.300. The predicted molar refractivity (Wildman–Crippen MR) is 66.8 cm³/mol. The van der Waals surface area contributed by atoms with E-state index in [9.17, 15) is 8.42 Å². The van der Waals surface area contributed by atoms with Crippen molar-refractivity contribution < 1.29 is 13.2 Å². The van der Waals surface area contributed by atoms with Crippen LogP contribution in [0.4, 0.5) is 0 Å². The molecule has 0 aliphatic heterocycles. The summed E-state index contributed by atoms with van der Waals surface area (Å²) in [7, 11) is -3.37. The van der Waals surface area contributed by atoms with Crippen molar-refractivity contribution >= 4 is 27.2 Å². The van der Waals surface area contributed by atoms with Gasteiger partial charge >= 0.3 is 0 Å². The second-order valence-electron chi connectivity index (χ2n) is 3.90. The van der Waals surface area contributed by atoms with Gasteiger partial charge in [-0.3, -0.25) is 0 Å². The van der Waals surface area contributed by atoms with Gasteiger partial charge in [0.25, 0.3) is 0 Å². The highest BCUT2D eigenvalue weighted by Crippen LogP contribution is 2.20. The van der Waals surface area contributed by atoms with Crippen LogP contribution >= 0.6 is 12.2 Å². The Morgan fingerprint density at radius 2 is 2.06 bits per heavy atom. The summed E-state index contributed by atoms with van der Waals surface area (Å²) >= 11 is 4.54. The Hall–Kier alpha value is -0.240. The summed E-state index contributed by atoms with van der Waals surface area (Å²) in [6, 6.07) is 0. The maximum atomic E-state index is 11.3. The van der Waals surface area contributed by atoms with Gasteiger partial charge < -0.3 is 10.5 Å². The van der Waals surface area contributed by atoms with E-state index in [-0.39, 0.29) is 17.3 Å². The molecule has 7 heteroatoms. The van der Waals surface area contributed by atoms with Gasteiger partial charge in [0.15, 0.2) is 0 Å². The molecule has 0 saturated heterocycles. The van der Waals surface area contributed by atoms with Gasteiger partial charge in [-0.05, 0) is 12.8 Å². The molecule has 0 amide bonds. The maximum Gasteiger partial charge on any atom is 0.218 e. The Labute approximate surface area is 102 Å². The van der Waals surface area contributed by atoms with Crippen LogP contribution in [0.3, 0.4) is 0 Å². The third-order valence-electron chi connectivity index (χ3n) is 2.41. The largest absolute Gasteiger partial charge is 0.392 e. The Kier molecular flexibility index (Phi) is 5.60. The summed E-state index contributed by atoms with van der Waals surface area (Å²) < 4.78 is 30.5. The van der Waals surface area contributed by atoms with E-state index in [1.54, 1.807) is 0 Å². The number of ether oxygens (including phenoxy) is 1. The predicted octanol–water partition coefficient (Wildman–Crippen LogP) is 0.151. The van der Waals surface area contributed by atoms with Gasteiger partial charge in [0, 0.05) is 6.54 Å². The Morgan fingerprint density at radius 3 is 2.62 bits per heavy atom. The number of sulfonamides is 1. The standard InChI is InChI=1S/C9H18N2O3S2/c10-9(15)7-16(12,13)11-5-6-14-8-3-1-2-4-8/h8,11H,1-7H2,(H2,10,15). The van der Waals surface area contributed by atoms with Crippen LogP contribution in [0, 0.1) is 0 Å². The molecule has 1 aliphatic rings. The van der Waals surface area contributed by atoms with Crippen molar-refractivity contribution in [2.75, 3.05) is 18.9 Å². The molecule has 16 heavy (non-hydrogen) atoms. The molecule has 5 nitrogen and oxygen atoms in total. The molecular formula is C9H18N2O3S2. The molecule has 1 fully saturated rings. The lowest BCUT2D eigenvalue weighted by Crippen LogP contribution is -2.34. The van der Waals surface area contributed by atoms with E-state index >= 15 is 0 Å². The molecule has 0 unspecified atom stereocenters. The van der Waals surface area contributed by atoms with Crippen LogP contribution < -0.4 is 10.5 Å². The van der Waals surface area contributed by atoms with E-state index in [0.717, 1.165) is 12.8 Å². The fourth-order valence-electron chi connectivity index (χ4n) is 1.72. The molecule has 0 bridgehead atoms. The van der Waals surface area contributed by atoms with Crippen LogP contribution in [0.5, 0.6) is 0 Å². The van der Waals surface area contributed by atoms with E-state index in [2.05, 4.69) is 16.9 Å². The normalized spacial score (nSPS) is 17.8. The highest BCUT2D eigenvalue weighted by atomic mass is 32.2. The molecule has 1 aliphatic carbocycles. The summed E-state index contributed by atoms with van der Waals surface area (Å²) in [6.45, 7) is 0.683. The number of thiocarbonyl (C=S) groups is 1. The molecular weight excluding hydrogens is 248 g/mol. The van der Waals surface area contributed by atoms with Crippen molar-refractivity contribution in [2.24, 2.45) is 5.73 Å². The molecule has 0 aromatic carbocycles. The fraction of sp³-hybridized carbons (Fsp3) is 0.889. The number of nitrogens with one attached hydrogen (secondary N) is 1. The van der Waals surface area contributed by atoms with Crippen molar-refractivity contribution in [3.05, 3.63) is 0 Å². The average Bonchev–Trinajstić information content (AvgIpc) is 2.62. The van der Waals surface area contributed by atoms with E-state index in [4.69, 9.17) is 10.5 Å². The highest BCUT2D eigenvalue weighted by Gasteiger charge is 2.15. The Bertz CT molecular complexity index is 324. The first-order valence-electron chi connectivity index (χ1n) is 5.37. The van der Waals surface area contributed by atoms with E-state index in [1.807, 2.05) is 0 Å². The number of hydrogen-bond acceptors (Lipinski definition) is 4. The molecule has 1 saturated carbocycles. The van der Waals surface area contributed by atoms with Gasteiger partial charge in [-0.25, -0.2) is 13.1 Å². The van der Waals surface area contributed by atoms with Crippen molar-refractivity contribution in [1.82, 2.24) is 4.72 Å². The van der Waals surface area contributed by atoms with Gasteiger partial charge in [-0.15, -0.1) is 0 Å². The minimum absolute atomic E-state index is 0.0239. The number of nitrogens with two attached hydrogens (primary N) is 1. The van der Waals surface area contributed by atoms with Crippen LogP contribution in [0.1, 0.15) is 25.7 Å². The van der Waals surface area contributed by atoms with Gasteiger partial charge in [0.05, 0.1) is 17.7 Å². The molecule has 0 aromatic rings. The minimum atomic E-state index is -3.37. The summed E-state index contributed by atoms with van der Waals surface area (Å²) in [4.78, 5) is -0.0239. The second-order valence-corrected chi connectivity index (χ2v) is 6.23. The van der Waals surface area contributed by atoms with Crippen molar-refractivity contribution in [3.63, 3.8) is 0 Å². The second kappa shape index (κ2) is 6.48. The van der Waals surface area contributed by atoms with Gasteiger partial charge in [-0.2, -0.15) is 0 Å². The average molecular weight is 266 g/mol. The Balaban J connectivity index is 2.12. The van der Waals surface area contributed by atoms with Crippen LogP contribution in [0.15, 0.2) is 0 Å². The fourth-order valence-corrected chi connectivity index (χ4v) is 3.05.